The number of nitrogens with one attached hydrogen (secondary N) is 1. The molecule has 1 amide bonds. The number of hydrogen-bond donors (Lipinski definition) is 2. The summed E-state index contributed by atoms with van der Waals surface area (Å²) in [6.45, 7) is 1.07. The molecule has 0 saturated heterocycles. The normalized spacial score (nSPS) is 17.0. The predicted octanol–water partition coefficient (Wildman–Crippen LogP) is 7.27. The third-order valence-electron chi connectivity index (χ3n) is 7.87. The number of aryl methyl sites for hydroxylation is 1. The van der Waals surface area contributed by atoms with E-state index in [-0.39, 0.29) is 25.5 Å². The number of ether oxygens (including phenoxy) is 2. The quantitative estimate of drug-likeness (QED) is 0.0592. The Kier molecular flexibility index (Phi) is 11.5. The van der Waals surface area contributed by atoms with Crippen molar-refractivity contribution in [2.45, 2.75) is 43.9 Å². The largest absolute Gasteiger partial charge is 0.494 e. The van der Waals surface area contributed by atoms with Gasteiger partial charge in [-0.05, 0) is 65.4 Å². The molecule has 2 N–H and O–H groups in total. The molecule has 0 aromatic heterocycles. The molecule has 0 aliphatic carbocycles. The van der Waals surface area contributed by atoms with E-state index in [0.29, 0.717) is 36.8 Å². The Morgan fingerprint density at radius 2 is 1.70 bits per heavy atom. The van der Waals surface area contributed by atoms with Gasteiger partial charge < -0.3 is 19.9 Å². The smallest absolute Gasteiger partial charge is 0.252 e. The van der Waals surface area contributed by atoms with Crippen LogP contribution in [0.15, 0.2) is 118 Å². The van der Waals surface area contributed by atoms with E-state index in [2.05, 4.69) is 43.4 Å². The highest BCUT2D eigenvalue weighted by atomic mass is 79.9. The van der Waals surface area contributed by atoms with Crippen molar-refractivity contribution >= 4 is 27.7 Å². The van der Waals surface area contributed by atoms with Crippen LogP contribution in [0.25, 0.3) is 10.4 Å². The molecule has 1 heterocycles. The number of amides is 1. The van der Waals surface area contributed by atoms with E-state index in [1.807, 2.05) is 91.0 Å². The van der Waals surface area contributed by atoms with Gasteiger partial charge in [-0.3, -0.25) is 4.79 Å². The molecule has 0 bridgehead atoms. The highest BCUT2D eigenvalue weighted by molar-refractivity contribution is 9.10. The summed E-state index contributed by atoms with van der Waals surface area (Å²) in [5.41, 5.74) is 12.0. The molecule has 0 spiro atoms. The second-order valence-corrected chi connectivity index (χ2v) is 11.8. The van der Waals surface area contributed by atoms with Gasteiger partial charge in [-0.15, -0.1) is 0 Å². The van der Waals surface area contributed by atoms with Crippen LogP contribution in [0.1, 0.15) is 46.8 Å². The topological polar surface area (TPSA) is 129 Å². The molecule has 5 rings (SSSR count). The number of aliphatic hydroxyl groups is 1. The van der Waals surface area contributed by atoms with Crippen LogP contribution < -0.4 is 10.1 Å². The number of benzene rings is 4. The van der Waals surface area contributed by atoms with Gasteiger partial charge in [0, 0.05) is 46.5 Å². The number of nitrogens with zero attached hydrogens (tertiary/aromatic N) is 4. The van der Waals surface area contributed by atoms with Crippen molar-refractivity contribution in [1.82, 2.24) is 5.32 Å². The molecular weight excluding hydrogens is 646 g/mol. The van der Waals surface area contributed by atoms with Crippen LogP contribution in [0.2, 0.25) is 0 Å². The Balaban J connectivity index is 1.53. The fourth-order valence-electron chi connectivity index (χ4n) is 5.52. The summed E-state index contributed by atoms with van der Waals surface area (Å²) >= 11 is 3.69. The molecule has 2 atom stereocenters. The summed E-state index contributed by atoms with van der Waals surface area (Å²) in [5.74, 6) is 0.751. The van der Waals surface area contributed by atoms with Crippen LogP contribution in [-0.4, -0.2) is 42.2 Å². The first-order chi connectivity index (χ1) is 22.5. The highest BCUT2D eigenvalue weighted by Crippen LogP contribution is 2.45. The number of aliphatic imine (C=N–C) groups is 1. The van der Waals surface area contributed by atoms with Gasteiger partial charge in [0.25, 0.3) is 5.91 Å². The number of rotatable bonds is 15. The SMILES string of the molecule is [N-]=[N+]=NCc1ccccc1C[C@@]1(C(=O)NCCCc2ccccc2)N=C(c2ccc(OCCCO)cc2)O[C@@H]1c1ccccc1Br. The molecule has 9 nitrogen and oxygen atoms in total. The molecule has 236 valence electrons. The second kappa shape index (κ2) is 16.1. The van der Waals surface area contributed by atoms with Crippen LogP contribution in [0, 0.1) is 0 Å². The van der Waals surface area contributed by atoms with Gasteiger partial charge in [-0.1, -0.05) is 93.8 Å². The van der Waals surface area contributed by atoms with E-state index in [4.69, 9.17) is 25.1 Å². The highest BCUT2D eigenvalue weighted by Gasteiger charge is 2.54. The Morgan fingerprint density at radius 1 is 0.978 bits per heavy atom. The lowest BCUT2D eigenvalue weighted by molar-refractivity contribution is -0.128. The fourth-order valence-corrected chi connectivity index (χ4v) is 6.01. The number of azide groups is 1. The fraction of sp³-hybridized carbons (Fsp3) is 0.278. The first-order valence-corrected chi connectivity index (χ1v) is 16.1. The summed E-state index contributed by atoms with van der Waals surface area (Å²) in [6, 6.07) is 32.9. The van der Waals surface area contributed by atoms with Crippen LogP contribution in [0.4, 0.5) is 0 Å². The van der Waals surface area contributed by atoms with Crippen LogP contribution in [0.5, 0.6) is 5.75 Å². The Hall–Kier alpha value is -4.63. The van der Waals surface area contributed by atoms with Crippen molar-refractivity contribution in [3.8, 4) is 5.75 Å². The molecule has 10 heteroatoms. The number of carbonyl (C=O) groups excluding carboxylic acids is 1. The molecule has 4 aromatic carbocycles. The number of carbonyl (C=O) groups is 1. The maximum absolute atomic E-state index is 14.5. The second-order valence-electron chi connectivity index (χ2n) is 11.0. The third kappa shape index (κ3) is 7.95. The van der Waals surface area contributed by atoms with Crippen molar-refractivity contribution in [3.05, 3.63) is 146 Å². The number of hydrogen-bond acceptors (Lipinski definition) is 6. The maximum atomic E-state index is 14.5. The number of aliphatic hydroxyl groups excluding tert-OH is 1. The minimum atomic E-state index is -1.38. The molecule has 0 fully saturated rings. The van der Waals surface area contributed by atoms with Crippen molar-refractivity contribution < 1.29 is 19.4 Å². The first kappa shape index (κ1) is 32.8. The van der Waals surface area contributed by atoms with Crippen molar-refractivity contribution in [2.24, 2.45) is 10.1 Å². The Bertz CT molecular complexity index is 1690. The molecular formula is C36H36BrN5O4. The standard InChI is InChI=1S/C36H36BrN5O4/c37-32-16-7-6-15-31(32)33-36(24-28-13-4-5-14-29(28)25-40-42-38,35(44)39-21-8-12-26-10-2-1-3-11-26)41-34(46-33)27-17-19-30(20-18-27)45-23-9-22-43/h1-7,10-11,13-20,33,43H,8-9,12,21-25H2,(H,39,44)/t33-,36-/m1/s1. The van der Waals surface area contributed by atoms with Gasteiger partial charge in [0.1, 0.15) is 5.75 Å². The molecule has 4 aromatic rings. The van der Waals surface area contributed by atoms with E-state index in [9.17, 15) is 4.79 Å². The average molecular weight is 683 g/mol. The van der Waals surface area contributed by atoms with Crippen molar-refractivity contribution in [2.75, 3.05) is 19.8 Å². The minimum Gasteiger partial charge on any atom is -0.494 e. The summed E-state index contributed by atoms with van der Waals surface area (Å²) in [6.07, 6.45) is 1.57. The van der Waals surface area contributed by atoms with Crippen LogP contribution in [0.3, 0.4) is 0 Å². The Labute approximate surface area is 277 Å². The molecule has 46 heavy (non-hydrogen) atoms. The molecule has 1 aliphatic rings. The van der Waals surface area contributed by atoms with Gasteiger partial charge in [0.15, 0.2) is 11.6 Å². The Morgan fingerprint density at radius 3 is 2.43 bits per heavy atom. The van der Waals surface area contributed by atoms with E-state index < -0.39 is 11.6 Å². The zero-order valence-electron chi connectivity index (χ0n) is 25.4. The van der Waals surface area contributed by atoms with Gasteiger partial charge in [0.05, 0.1) is 13.2 Å². The molecule has 0 radical (unpaired) electrons. The van der Waals surface area contributed by atoms with E-state index in [0.717, 1.165) is 34.0 Å². The van der Waals surface area contributed by atoms with Gasteiger partial charge in [0.2, 0.25) is 5.90 Å². The van der Waals surface area contributed by atoms with Crippen LogP contribution >= 0.6 is 15.9 Å². The van der Waals surface area contributed by atoms with Crippen molar-refractivity contribution in [3.63, 3.8) is 0 Å². The lowest BCUT2D eigenvalue weighted by Gasteiger charge is -2.32. The summed E-state index contributed by atoms with van der Waals surface area (Å²) in [4.78, 5) is 22.6. The molecule has 0 saturated carbocycles. The summed E-state index contributed by atoms with van der Waals surface area (Å²) < 4.78 is 13.2. The lowest BCUT2D eigenvalue weighted by atomic mass is 9.81. The monoisotopic (exact) mass is 681 g/mol. The van der Waals surface area contributed by atoms with E-state index >= 15 is 0 Å². The van der Waals surface area contributed by atoms with Gasteiger partial charge in [-0.2, -0.15) is 0 Å². The summed E-state index contributed by atoms with van der Waals surface area (Å²) in [7, 11) is 0. The zero-order chi connectivity index (χ0) is 32.2. The number of halogens is 1. The van der Waals surface area contributed by atoms with Crippen LogP contribution in [-0.2, 0) is 28.9 Å². The molecule has 1 aliphatic heterocycles. The van der Waals surface area contributed by atoms with Gasteiger partial charge >= 0.3 is 0 Å². The minimum absolute atomic E-state index is 0.0571. The van der Waals surface area contributed by atoms with E-state index in [1.54, 1.807) is 0 Å². The zero-order valence-corrected chi connectivity index (χ0v) is 27.0. The lowest BCUT2D eigenvalue weighted by Crippen LogP contribution is -2.50. The third-order valence-corrected chi connectivity index (χ3v) is 8.59. The average Bonchev–Trinajstić information content (AvgIpc) is 3.47. The first-order valence-electron chi connectivity index (χ1n) is 15.3. The van der Waals surface area contributed by atoms with E-state index in [1.165, 1.54) is 5.56 Å². The predicted molar refractivity (Wildman–Crippen MR) is 182 cm³/mol. The van der Waals surface area contributed by atoms with Gasteiger partial charge in [-0.25, -0.2) is 4.99 Å². The molecule has 0 unspecified atom stereocenters. The van der Waals surface area contributed by atoms with Crippen molar-refractivity contribution in [1.29, 1.82) is 0 Å². The summed E-state index contributed by atoms with van der Waals surface area (Å²) in [5, 5.41) is 16.1. The maximum Gasteiger partial charge on any atom is 0.252 e.